The average Bonchev–Trinajstić information content (AvgIpc) is 1.88. The van der Waals surface area contributed by atoms with Crippen LogP contribution in [0.5, 0.6) is 0 Å². The molecule has 1 aliphatic carbocycles. The largest absolute Gasteiger partial charge is 0.133 e. The molecular weight excluding hydrogens is 222 g/mol. The predicted octanol–water partition coefficient (Wildman–Crippen LogP) is 1.66. The molecule has 0 amide bonds. The highest BCUT2D eigenvalue weighted by Crippen LogP contribution is 2.15. The molecule has 1 rings (SSSR count). The van der Waals surface area contributed by atoms with Crippen molar-refractivity contribution < 1.29 is 0 Å². The van der Waals surface area contributed by atoms with Gasteiger partial charge in [-0.25, -0.2) is 0 Å². The maximum absolute atomic E-state index is 2.40. The quantitative estimate of drug-likeness (QED) is 0.366. The van der Waals surface area contributed by atoms with Crippen molar-refractivity contribution in [2.24, 2.45) is 0 Å². The fourth-order valence-electron chi connectivity index (χ4n) is 1.03. The SMILES string of the molecule is BC1=CC(CI)=CCC1. The zero-order chi connectivity index (χ0) is 6.69. The van der Waals surface area contributed by atoms with Gasteiger partial charge in [-0.15, -0.1) is 5.47 Å². The molecule has 0 aromatic rings. The van der Waals surface area contributed by atoms with Crippen LogP contribution in [0.1, 0.15) is 12.8 Å². The molecule has 0 bridgehead atoms. The second-order valence-electron chi connectivity index (χ2n) is 2.44. The Morgan fingerprint density at radius 2 is 2.44 bits per heavy atom. The van der Waals surface area contributed by atoms with E-state index in [1.54, 1.807) is 0 Å². The van der Waals surface area contributed by atoms with E-state index in [2.05, 4.69) is 42.6 Å². The Hall–Kier alpha value is 0.275. The minimum absolute atomic E-state index is 1.16. The summed E-state index contributed by atoms with van der Waals surface area (Å²) in [4.78, 5) is 0. The summed E-state index contributed by atoms with van der Waals surface area (Å²) in [7, 11) is 2.21. The van der Waals surface area contributed by atoms with E-state index >= 15 is 0 Å². The van der Waals surface area contributed by atoms with Gasteiger partial charge < -0.3 is 0 Å². The number of rotatable bonds is 1. The van der Waals surface area contributed by atoms with Crippen molar-refractivity contribution >= 4 is 30.4 Å². The highest BCUT2D eigenvalue weighted by Gasteiger charge is 1.98. The zero-order valence-electron chi connectivity index (χ0n) is 5.65. The van der Waals surface area contributed by atoms with E-state index in [1.807, 2.05) is 0 Å². The van der Waals surface area contributed by atoms with E-state index in [9.17, 15) is 0 Å². The summed E-state index contributed by atoms with van der Waals surface area (Å²) in [6, 6.07) is 0. The zero-order valence-corrected chi connectivity index (χ0v) is 7.81. The molecule has 0 radical (unpaired) electrons. The maximum atomic E-state index is 2.40. The summed E-state index contributed by atoms with van der Waals surface area (Å²) in [6.45, 7) is 0. The van der Waals surface area contributed by atoms with E-state index in [1.165, 1.54) is 23.9 Å². The van der Waals surface area contributed by atoms with Gasteiger partial charge in [0.25, 0.3) is 0 Å². The van der Waals surface area contributed by atoms with Crippen molar-refractivity contribution in [3.05, 3.63) is 23.2 Å². The molecule has 9 heavy (non-hydrogen) atoms. The van der Waals surface area contributed by atoms with Crippen LogP contribution >= 0.6 is 22.6 Å². The lowest BCUT2D eigenvalue weighted by molar-refractivity contribution is 1.00. The van der Waals surface area contributed by atoms with Gasteiger partial charge in [0.2, 0.25) is 0 Å². The van der Waals surface area contributed by atoms with E-state index < -0.39 is 0 Å². The first-order valence-corrected chi connectivity index (χ1v) is 4.77. The van der Waals surface area contributed by atoms with E-state index in [0.717, 1.165) is 4.43 Å². The fraction of sp³-hybridized carbons (Fsp3) is 0.429. The molecule has 2 heteroatoms. The molecule has 0 aromatic carbocycles. The van der Waals surface area contributed by atoms with Crippen LogP contribution in [-0.2, 0) is 0 Å². The van der Waals surface area contributed by atoms with Crippen molar-refractivity contribution in [3.63, 3.8) is 0 Å². The first-order chi connectivity index (χ1) is 4.33. The van der Waals surface area contributed by atoms with Gasteiger partial charge in [0, 0.05) is 4.43 Å². The smallest absolute Gasteiger partial charge is 0.109 e. The van der Waals surface area contributed by atoms with Gasteiger partial charge in [0.15, 0.2) is 0 Å². The highest BCUT2D eigenvalue weighted by molar-refractivity contribution is 14.1. The molecular formula is C7H10BI. The van der Waals surface area contributed by atoms with Crippen molar-refractivity contribution in [1.29, 1.82) is 0 Å². The van der Waals surface area contributed by atoms with Crippen LogP contribution in [0.4, 0.5) is 0 Å². The summed E-state index contributed by atoms with van der Waals surface area (Å²) in [6.07, 6.45) is 7.15. The van der Waals surface area contributed by atoms with Crippen LogP contribution < -0.4 is 0 Å². The first-order valence-electron chi connectivity index (χ1n) is 3.25. The van der Waals surface area contributed by atoms with Gasteiger partial charge in [-0.3, -0.25) is 0 Å². The van der Waals surface area contributed by atoms with Crippen molar-refractivity contribution in [2.45, 2.75) is 12.8 Å². The standard InChI is InChI=1S/C7H10BI/c8-7-3-1-2-6(4-7)5-9/h2,4H,1,3,5,8H2. The van der Waals surface area contributed by atoms with Gasteiger partial charge >= 0.3 is 0 Å². The molecule has 0 fully saturated rings. The van der Waals surface area contributed by atoms with E-state index in [4.69, 9.17) is 0 Å². The maximum Gasteiger partial charge on any atom is 0.133 e. The van der Waals surface area contributed by atoms with Gasteiger partial charge in [0.1, 0.15) is 7.85 Å². The summed E-state index contributed by atoms with van der Waals surface area (Å²) >= 11 is 2.40. The summed E-state index contributed by atoms with van der Waals surface area (Å²) in [5, 5.41) is 0. The summed E-state index contributed by atoms with van der Waals surface area (Å²) < 4.78 is 1.16. The van der Waals surface area contributed by atoms with Gasteiger partial charge in [0.05, 0.1) is 0 Å². The molecule has 0 spiro atoms. The Morgan fingerprint density at radius 3 is 2.89 bits per heavy atom. The topological polar surface area (TPSA) is 0 Å². The van der Waals surface area contributed by atoms with Gasteiger partial charge in [-0.05, 0) is 18.4 Å². The Balaban J connectivity index is 2.63. The van der Waals surface area contributed by atoms with Crippen LogP contribution in [0.25, 0.3) is 0 Å². The molecule has 48 valence electrons. The lowest BCUT2D eigenvalue weighted by atomic mass is 9.86. The molecule has 0 saturated carbocycles. The first kappa shape index (κ1) is 7.38. The minimum atomic E-state index is 1.16. The van der Waals surface area contributed by atoms with E-state index in [-0.39, 0.29) is 0 Å². The van der Waals surface area contributed by atoms with Crippen molar-refractivity contribution in [3.8, 4) is 0 Å². The molecule has 0 unspecified atom stereocenters. The monoisotopic (exact) mass is 232 g/mol. The summed E-state index contributed by atoms with van der Waals surface area (Å²) in [5.74, 6) is 0. The number of hydrogen-bond acceptors (Lipinski definition) is 0. The van der Waals surface area contributed by atoms with Gasteiger partial charge in [-0.2, -0.15) is 0 Å². The second kappa shape index (κ2) is 3.45. The van der Waals surface area contributed by atoms with Gasteiger partial charge in [-0.1, -0.05) is 34.7 Å². The van der Waals surface area contributed by atoms with Crippen molar-refractivity contribution in [1.82, 2.24) is 0 Å². The predicted molar refractivity (Wildman–Crippen MR) is 52.8 cm³/mol. The molecule has 0 atom stereocenters. The molecule has 0 saturated heterocycles. The van der Waals surface area contributed by atoms with Crippen LogP contribution in [0.3, 0.4) is 0 Å². The third-order valence-electron chi connectivity index (χ3n) is 1.53. The molecule has 0 heterocycles. The third-order valence-corrected chi connectivity index (χ3v) is 2.41. The molecule has 1 aliphatic rings. The van der Waals surface area contributed by atoms with E-state index in [0.29, 0.717) is 0 Å². The lowest BCUT2D eigenvalue weighted by Gasteiger charge is -2.07. The Bertz CT molecular complexity index is 158. The van der Waals surface area contributed by atoms with Crippen LogP contribution in [0.15, 0.2) is 23.2 Å². The molecule has 0 nitrogen and oxygen atoms in total. The lowest BCUT2D eigenvalue weighted by Crippen LogP contribution is -1.92. The molecule has 0 aromatic heterocycles. The number of alkyl halides is 1. The third kappa shape index (κ3) is 2.16. The average molecular weight is 232 g/mol. The number of allylic oxidation sites excluding steroid dienone is 4. The van der Waals surface area contributed by atoms with Crippen LogP contribution in [-0.4, -0.2) is 12.3 Å². The second-order valence-corrected chi connectivity index (χ2v) is 3.20. The normalized spacial score (nSPS) is 18.8. The fourth-order valence-corrected chi connectivity index (χ4v) is 1.56. The molecule has 0 N–H and O–H groups in total. The molecule has 0 aliphatic heterocycles. The highest BCUT2D eigenvalue weighted by atomic mass is 127. The van der Waals surface area contributed by atoms with Crippen molar-refractivity contribution in [2.75, 3.05) is 4.43 Å². The Labute approximate surface area is 71.0 Å². The van der Waals surface area contributed by atoms with Crippen LogP contribution in [0, 0.1) is 0 Å². The summed E-state index contributed by atoms with van der Waals surface area (Å²) in [5.41, 5.74) is 3.03. The Morgan fingerprint density at radius 1 is 1.67 bits per heavy atom. The number of halogens is 1. The van der Waals surface area contributed by atoms with Crippen LogP contribution in [0.2, 0.25) is 0 Å². The minimum Gasteiger partial charge on any atom is -0.109 e. The number of hydrogen-bond donors (Lipinski definition) is 0. The Kier molecular flexibility index (Phi) is 2.83.